The molecule has 2 aromatic carbocycles. The van der Waals surface area contributed by atoms with E-state index in [4.69, 9.17) is 0 Å². The molecule has 3 aromatic rings. The van der Waals surface area contributed by atoms with E-state index in [2.05, 4.69) is 34.7 Å². The smallest absolute Gasteiger partial charge is 0.272 e. The molecule has 4 nitrogen and oxygen atoms in total. The van der Waals surface area contributed by atoms with Gasteiger partial charge in [-0.25, -0.2) is 4.68 Å². The van der Waals surface area contributed by atoms with E-state index in [-0.39, 0.29) is 11.9 Å². The molecule has 0 saturated carbocycles. The Kier molecular flexibility index (Phi) is 4.10. The number of hydrogen-bond acceptors (Lipinski definition) is 2. The van der Waals surface area contributed by atoms with E-state index in [1.165, 1.54) is 11.1 Å². The number of nitrogens with zero attached hydrogens (tertiary/aromatic N) is 2. The zero-order valence-corrected chi connectivity index (χ0v) is 14.3. The molecule has 4 heteroatoms. The monoisotopic (exact) mass is 331 g/mol. The summed E-state index contributed by atoms with van der Waals surface area (Å²) < 4.78 is 1.81. The molecule has 1 aromatic heterocycles. The van der Waals surface area contributed by atoms with Crippen molar-refractivity contribution in [3.63, 3.8) is 0 Å². The van der Waals surface area contributed by atoms with E-state index in [1.807, 2.05) is 48.0 Å². The zero-order chi connectivity index (χ0) is 17.2. The van der Waals surface area contributed by atoms with Crippen LogP contribution in [0.15, 0.2) is 60.7 Å². The number of para-hydroxylation sites is 1. The number of nitrogens with one attached hydrogen (secondary N) is 1. The standard InChI is InChI=1S/C21H21N3O/c1-15-13-20(23-24(15)19-9-3-2-4-10-19)21(25)22-18-12-11-16-7-5-6-8-17(16)14-18/h2-10,13,18H,11-12,14H2,1H3,(H,22,25). The highest BCUT2D eigenvalue weighted by atomic mass is 16.2. The SMILES string of the molecule is Cc1cc(C(=O)NC2CCc3ccccc3C2)nn1-c1ccccc1. The van der Waals surface area contributed by atoms with Crippen LogP contribution in [-0.2, 0) is 12.8 Å². The van der Waals surface area contributed by atoms with Crippen molar-refractivity contribution >= 4 is 5.91 Å². The van der Waals surface area contributed by atoms with E-state index in [9.17, 15) is 4.79 Å². The van der Waals surface area contributed by atoms with E-state index >= 15 is 0 Å². The van der Waals surface area contributed by atoms with Crippen LogP contribution < -0.4 is 5.32 Å². The number of fused-ring (bicyclic) bond motifs is 1. The average Bonchev–Trinajstić information content (AvgIpc) is 3.04. The predicted molar refractivity (Wildman–Crippen MR) is 98.0 cm³/mol. The zero-order valence-electron chi connectivity index (χ0n) is 14.3. The molecule has 0 fully saturated rings. The van der Waals surface area contributed by atoms with Crippen molar-refractivity contribution in [1.82, 2.24) is 15.1 Å². The Balaban J connectivity index is 1.49. The highest BCUT2D eigenvalue weighted by Gasteiger charge is 2.22. The summed E-state index contributed by atoms with van der Waals surface area (Å²) in [6.45, 7) is 1.97. The highest BCUT2D eigenvalue weighted by Crippen LogP contribution is 2.21. The largest absolute Gasteiger partial charge is 0.348 e. The molecule has 1 aliphatic rings. The first-order valence-electron chi connectivity index (χ1n) is 8.70. The van der Waals surface area contributed by atoms with Crippen molar-refractivity contribution < 1.29 is 4.79 Å². The molecule has 0 saturated heterocycles. The molecule has 1 aliphatic carbocycles. The fourth-order valence-corrected chi connectivity index (χ4v) is 3.50. The van der Waals surface area contributed by atoms with Gasteiger partial charge in [-0.05, 0) is 55.5 Å². The van der Waals surface area contributed by atoms with Crippen LogP contribution in [0.25, 0.3) is 5.69 Å². The topological polar surface area (TPSA) is 46.9 Å². The van der Waals surface area contributed by atoms with Crippen molar-refractivity contribution in [1.29, 1.82) is 0 Å². The first-order chi connectivity index (χ1) is 12.2. The van der Waals surface area contributed by atoms with E-state index in [0.717, 1.165) is 30.6 Å². The first kappa shape index (κ1) is 15.6. The van der Waals surface area contributed by atoms with Crippen molar-refractivity contribution in [2.24, 2.45) is 0 Å². The summed E-state index contributed by atoms with van der Waals surface area (Å²) in [4.78, 5) is 12.6. The molecule has 0 bridgehead atoms. The molecular weight excluding hydrogens is 310 g/mol. The summed E-state index contributed by atoms with van der Waals surface area (Å²) in [6, 6.07) is 20.4. The van der Waals surface area contributed by atoms with Crippen molar-refractivity contribution in [2.45, 2.75) is 32.2 Å². The fourth-order valence-electron chi connectivity index (χ4n) is 3.50. The Bertz CT molecular complexity index is 899. The maximum absolute atomic E-state index is 12.6. The lowest BCUT2D eigenvalue weighted by atomic mass is 9.88. The normalized spacial score (nSPS) is 16.3. The molecule has 126 valence electrons. The number of aromatic nitrogens is 2. The fraction of sp³-hybridized carbons (Fsp3) is 0.238. The number of carbonyl (C=O) groups excluding carboxylic acids is 1. The quantitative estimate of drug-likeness (QED) is 0.799. The van der Waals surface area contributed by atoms with Gasteiger partial charge in [0, 0.05) is 11.7 Å². The third kappa shape index (κ3) is 3.20. The molecule has 1 N–H and O–H groups in total. The summed E-state index contributed by atoms with van der Waals surface area (Å²) in [6.07, 6.45) is 2.88. The van der Waals surface area contributed by atoms with Gasteiger partial charge in [0.2, 0.25) is 0 Å². The van der Waals surface area contributed by atoms with Crippen LogP contribution in [0.4, 0.5) is 0 Å². The lowest BCUT2D eigenvalue weighted by molar-refractivity contribution is 0.0928. The van der Waals surface area contributed by atoms with Crippen LogP contribution in [-0.4, -0.2) is 21.7 Å². The van der Waals surface area contributed by atoms with Gasteiger partial charge in [0.1, 0.15) is 0 Å². The Morgan fingerprint density at radius 2 is 1.80 bits per heavy atom. The van der Waals surface area contributed by atoms with Crippen LogP contribution in [0.5, 0.6) is 0 Å². The van der Waals surface area contributed by atoms with Crippen LogP contribution >= 0.6 is 0 Å². The van der Waals surface area contributed by atoms with Crippen LogP contribution in [0.3, 0.4) is 0 Å². The summed E-state index contributed by atoms with van der Waals surface area (Å²) in [5, 5.41) is 7.65. The molecular formula is C21H21N3O. The maximum Gasteiger partial charge on any atom is 0.272 e. The molecule has 0 spiro atoms. The number of amides is 1. The third-order valence-electron chi connectivity index (χ3n) is 4.80. The number of hydrogen-bond donors (Lipinski definition) is 1. The third-order valence-corrected chi connectivity index (χ3v) is 4.80. The van der Waals surface area contributed by atoms with E-state index in [0.29, 0.717) is 5.69 Å². The van der Waals surface area contributed by atoms with Gasteiger partial charge in [-0.15, -0.1) is 0 Å². The summed E-state index contributed by atoms with van der Waals surface area (Å²) in [5.41, 5.74) is 5.12. The summed E-state index contributed by atoms with van der Waals surface area (Å²) in [7, 11) is 0. The lowest BCUT2D eigenvalue weighted by Crippen LogP contribution is -2.39. The second-order valence-corrected chi connectivity index (χ2v) is 6.60. The Labute approximate surface area is 147 Å². The molecule has 0 radical (unpaired) electrons. The van der Waals surface area contributed by atoms with Gasteiger partial charge < -0.3 is 5.32 Å². The van der Waals surface area contributed by atoms with Gasteiger partial charge in [0.05, 0.1) is 5.69 Å². The van der Waals surface area contributed by atoms with Crippen LogP contribution in [0.2, 0.25) is 0 Å². The van der Waals surface area contributed by atoms with Crippen LogP contribution in [0, 0.1) is 6.92 Å². The first-order valence-corrected chi connectivity index (χ1v) is 8.70. The second kappa shape index (κ2) is 6.55. The minimum Gasteiger partial charge on any atom is -0.348 e. The molecule has 25 heavy (non-hydrogen) atoms. The van der Waals surface area contributed by atoms with Gasteiger partial charge in [0.15, 0.2) is 5.69 Å². The van der Waals surface area contributed by atoms with Gasteiger partial charge >= 0.3 is 0 Å². The molecule has 1 atom stereocenters. The van der Waals surface area contributed by atoms with Gasteiger partial charge in [-0.3, -0.25) is 4.79 Å². The van der Waals surface area contributed by atoms with Gasteiger partial charge in [-0.2, -0.15) is 5.10 Å². The summed E-state index contributed by atoms with van der Waals surface area (Å²) in [5.74, 6) is -0.0952. The number of carbonyl (C=O) groups is 1. The molecule has 1 heterocycles. The Morgan fingerprint density at radius 1 is 1.08 bits per heavy atom. The van der Waals surface area contributed by atoms with Crippen molar-refractivity contribution in [3.8, 4) is 5.69 Å². The number of benzene rings is 2. The van der Waals surface area contributed by atoms with Crippen molar-refractivity contribution in [2.75, 3.05) is 0 Å². The number of aryl methyl sites for hydroxylation is 2. The Morgan fingerprint density at radius 3 is 2.60 bits per heavy atom. The molecule has 1 amide bonds. The van der Waals surface area contributed by atoms with Crippen LogP contribution in [0.1, 0.15) is 33.7 Å². The van der Waals surface area contributed by atoms with E-state index < -0.39 is 0 Å². The predicted octanol–water partition coefficient (Wildman–Crippen LogP) is 3.47. The lowest BCUT2D eigenvalue weighted by Gasteiger charge is -2.25. The summed E-state index contributed by atoms with van der Waals surface area (Å²) >= 11 is 0. The minimum absolute atomic E-state index is 0.0952. The minimum atomic E-state index is -0.0952. The Hall–Kier alpha value is -2.88. The average molecular weight is 331 g/mol. The van der Waals surface area contributed by atoms with E-state index in [1.54, 1.807) is 0 Å². The van der Waals surface area contributed by atoms with Gasteiger partial charge in [0.25, 0.3) is 5.91 Å². The second-order valence-electron chi connectivity index (χ2n) is 6.60. The highest BCUT2D eigenvalue weighted by molar-refractivity contribution is 5.92. The van der Waals surface area contributed by atoms with Gasteiger partial charge in [-0.1, -0.05) is 42.5 Å². The van der Waals surface area contributed by atoms with Crippen molar-refractivity contribution in [3.05, 3.63) is 83.2 Å². The maximum atomic E-state index is 12.6. The molecule has 0 aliphatic heterocycles. The molecule has 1 unspecified atom stereocenters. The molecule has 4 rings (SSSR count). The number of rotatable bonds is 3.